The Hall–Kier alpha value is -2.12. The second kappa shape index (κ2) is 5.25. The Balaban J connectivity index is 2.51. The fourth-order valence-corrected chi connectivity index (χ4v) is 2.14. The van der Waals surface area contributed by atoms with Gasteiger partial charge < -0.3 is 15.5 Å². The topological polar surface area (TPSA) is 74.8 Å². The molecule has 0 fully saturated rings. The molecule has 3 N–H and O–H groups in total. The third-order valence-electron chi connectivity index (χ3n) is 2.84. The van der Waals surface area contributed by atoms with Crippen molar-refractivity contribution in [3.8, 4) is 23.1 Å². The van der Waals surface area contributed by atoms with E-state index in [0.29, 0.717) is 28.8 Å². The van der Waals surface area contributed by atoms with Crippen LogP contribution in [0.15, 0.2) is 18.2 Å². The Kier molecular flexibility index (Phi) is 3.68. The van der Waals surface area contributed by atoms with Crippen molar-refractivity contribution in [2.45, 2.75) is 13.8 Å². The number of ether oxygens (including phenoxy) is 1. The number of nitrogens with two attached hydrogens (primary N) is 1. The number of aryl methyl sites for hydroxylation is 1. The van der Waals surface area contributed by atoms with Crippen molar-refractivity contribution < 1.29 is 4.74 Å². The first-order valence-corrected chi connectivity index (χ1v) is 6.26. The second-order valence-corrected chi connectivity index (χ2v) is 4.56. The first-order valence-electron chi connectivity index (χ1n) is 5.88. The van der Waals surface area contributed by atoms with E-state index in [1.54, 1.807) is 6.07 Å². The van der Waals surface area contributed by atoms with Crippen LogP contribution in [-0.4, -0.2) is 11.6 Å². The molecule has 0 aliphatic heterocycles. The first-order chi connectivity index (χ1) is 9.06. The van der Waals surface area contributed by atoms with E-state index >= 15 is 0 Å². The Morgan fingerprint density at radius 1 is 1.42 bits per heavy atom. The van der Waals surface area contributed by atoms with Crippen LogP contribution >= 0.6 is 11.6 Å². The number of aromatic nitrogens is 1. The molecule has 0 atom stereocenters. The standard InChI is InChI=1S/C14H14ClN3O/c1-3-19-13-4-8(2)10(6-11(13)15)12-5-9(7-16)14(17)18-12/h4-6,18H,3,17H2,1-2H3. The Morgan fingerprint density at radius 3 is 2.74 bits per heavy atom. The number of hydrogen-bond donors (Lipinski definition) is 2. The smallest absolute Gasteiger partial charge is 0.138 e. The van der Waals surface area contributed by atoms with Gasteiger partial charge in [-0.2, -0.15) is 5.26 Å². The number of hydrogen-bond acceptors (Lipinski definition) is 3. The Labute approximate surface area is 116 Å². The molecule has 98 valence electrons. The van der Waals surface area contributed by atoms with Gasteiger partial charge in [-0.05, 0) is 37.6 Å². The van der Waals surface area contributed by atoms with Crippen LogP contribution in [0.3, 0.4) is 0 Å². The highest BCUT2D eigenvalue weighted by molar-refractivity contribution is 6.32. The zero-order valence-corrected chi connectivity index (χ0v) is 11.5. The zero-order chi connectivity index (χ0) is 14.0. The molecule has 1 aromatic carbocycles. The highest BCUT2D eigenvalue weighted by Gasteiger charge is 2.12. The lowest BCUT2D eigenvalue weighted by Crippen LogP contribution is -1.94. The van der Waals surface area contributed by atoms with Crippen LogP contribution in [0, 0.1) is 18.3 Å². The minimum absolute atomic E-state index is 0.363. The lowest BCUT2D eigenvalue weighted by Gasteiger charge is -2.10. The number of rotatable bonds is 3. The summed E-state index contributed by atoms with van der Waals surface area (Å²) in [5.74, 6) is 1.02. The summed E-state index contributed by atoms with van der Waals surface area (Å²) >= 11 is 6.18. The molecule has 0 saturated heterocycles. The molecule has 0 aliphatic rings. The van der Waals surface area contributed by atoms with Crippen LogP contribution in [0.1, 0.15) is 18.1 Å². The molecular weight excluding hydrogens is 262 g/mol. The van der Waals surface area contributed by atoms with E-state index in [0.717, 1.165) is 16.8 Å². The fourth-order valence-electron chi connectivity index (χ4n) is 1.92. The van der Waals surface area contributed by atoms with E-state index in [9.17, 15) is 0 Å². The molecular formula is C14H14ClN3O. The van der Waals surface area contributed by atoms with Gasteiger partial charge in [-0.3, -0.25) is 0 Å². The molecule has 0 bridgehead atoms. The third-order valence-corrected chi connectivity index (χ3v) is 3.13. The lowest BCUT2D eigenvalue weighted by atomic mass is 10.1. The van der Waals surface area contributed by atoms with Gasteiger partial charge in [0.2, 0.25) is 0 Å². The van der Waals surface area contributed by atoms with Gasteiger partial charge in [-0.25, -0.2) is 0 Å². The van der Waals surface area contributed by atoms with Gasteiger partial charge in [0, 0.05) is 11.3 Å². The van der Waals surface area contributed by atoms with Crippen molar-refractivity contribution in [3.63, 3.8) is 0 Å². The van der Waals surface area contributed by atoms with Crippen molar-refractivity contribution in [2.75, 3.05) is 12.3 Å². The van der Waals surface area contributed by atoms with Crippen LogP contribution in [-0.2, 0) is 0 Å². The predicted octanol–water partition coefficient (Wildman–Crippen LogP) is 3.50. The summed E-state index contributed by atoms with van der Waals surface area (Å²) in [7, 11) is 0. The van der Waals surface area contributed by atoms with Crippen LogP contribution in [0.4, 0.5) is 5.82 Å². The van der Waals surface area contributed by atoms with Gasteiger partial charge in [0.1, 0.15) is 17.6 Å². The molecule has 5 heteroatoms. The molecule has 0 spiro atoms. The highest BCUT2D eigenvalue weighted by atomic mass is 35.5. The number of nitriles is 1. The van der Waals surface area contributed by atoms with E-state index in [2.05, 4.69) is 4.98 Å². The molecule has 2 aromatic rings. The Morgan fingerprint density at radius 2 is 2.16 bits per heavy atom. The van der Waals surface area contributed by atoms with Crippen LogP contribution < -0.4 is 10.5 Å². The van der Waals surface area contributed by atoms with Crippen LogP contribution in [0.2, 0.25) is 5.02 Å². The maximum atomic E-state index is 8.92. The number of halogens is 1. The third kappa shape index (κ3) is 2.51. The normalized spacial score (nSPS) is 10.2. The first kappa shape index (κ1) is 13.3. The number of benzene rings is 1. The van der Waals surface area contributed by atoms with E-state index < -0.39 is 0 Å². The number of nitrogen functional groups attached to an aromatic ring is 1. The van der Waals surface area contributed by atoms with E-state index in [-0.39, 0.29) is 0 Å². The minimum atomic E-state index is 0.363. The maximum absolute atomic E-state index is 8.92. The number of nitrogens with zero attached hydrogens (tertiary/aromatic N) is 1. The van der Waals surface area contributed by atoms with Gasteiger partial charge in [0.25, 0.3) is 0 Å². The molecule has 2 rings (SSSR count). The summed E-state index contributed by atoms with van der Waals surface area (Å²) < 4.78 is 5.44. The quantitative estimate of drug-likeness (QED) is 0.900. The number of anilines is 1. The zero-order valence-electron chi connectivity index (χ0n) is 10.7. The molecule has 1 aromatic heterocycles. The molecule has 0 unspecified atom stereocenters. The molecule has 0 radical (unpaired) electrons. The molecule has 0 amide bonds. The van der Waals surface area contributed by atoms with Gasteiger partial charge >= 0.3 is 0 Å². The summed E-state index contributed by atoms with van der Waals surface area (Å²) in [5.41, 5.74) is 8.83. The number of aromatic amines is 1. The van der Waals surface area contributed by atoms with Gasteiger partial charge in [-0.15, -0.1) is 0 Å². The lowest BCUT2D eigenvalue weighted by molar-refractivity contribution is 0.340. The van der Waals surface area contributed by atoms with E-state index in [1.165, 1.54) is 0 Å². The summed E-state index contributed by atoms with van der Waals surface area (Å²) in [6, 6.07) is 7.45. The van der Waals surface area contributed by atoms with Crippen molar-refractivity contribution in [1.82, 2.24) is 4.98 Å². The van der Waals surface area contributed by atoms with Gasteiger partial charge in [-0.1, -0.05) is 11.6 Å². The fraction of sp³-hybridized carbons (Fsp3) is 0.214. The summed E-state index contributed by atoms with van der Waals surface area (Å²) in [6.45, 7) is 4.42. The van der Waals surface area contributed by atoms with E-state index in [4.69, 9.17) is 27.3 Å². The highest BCUT2D eigenvalue weighted by Crippen LogP contribution is 2.34. The van der Waals surface area contributed by atoms with Gasteiger partial charge in [0.15, 0.2) is 0 Å². The Bertz CT molecular complexity index is 655. The average molecular weight is 276 g/mol. The molecule has 0 saturated carbocycles. The summed E-state index contributed by atoms with van der Waals surface area (Å²) in [5, 5.41) is 9.46. The predicted molar refractivity (Wildman–Crippen MR) is 76.3 cm³/mol. The molecule has 0 aliphatic carbocycles. The average Bonchev–Trinajstić information content (AvgIpc) is 2.75. The largest absolute Gasteiger partial charge is 0.492 e. The summed E-state index contributed by atoms with van der Waals surface area (Å²) in [4.78, 5) is 2.99. The minimum Gasteiger partial charge on any atom is -0.492 e. The van der Waals surface area contributed by atoms with Crippen molar-refractivity contribution in [2.24, 2.45) is 0 Å². The molecule has 1 heterocycles. The van der Waals surface area contributed by atoms with Crippen molar-refractivity contribution in [3.05, 3.63) is 34.3 Å². The molecule has 4 nitrogen and oxygen atoms in total. The SMILES string of the molecule is CCOc1cc(C)c(-c2cc(C#N)c(N)[nH]2)cc1Cl. The molecule has 19 heavy (non-hydrogen) atoms. The van der Waals surface area contributed by atoms with Crippen LogP contribution in [0.25, 0.3) is 11.3 Å². The summed E-state index contributed by atoms with van der Waals surface area (Å²) in [6.07, 6.45) is 0. The maximum Gasteiger partial charge on any atom is 0.138 e. The van der Waals surface area contributed by atoms with E-state index in [1.807, 2.05) is 32.0 Å². The second-order valence-electron chi connectivity index (χ2n) is 4.15. The van der Waals surface area contributed by atoms with Crippen molar-refractivity contribution >= 4 is 17.4 Å². The number of H-pyrrole nitrogens is 1. The van der Waals surface area contributed by atoms with Crippen molar-refractivity contribution in [1.29, 1.82) is 5.26 Å². The van der Waals surface area contributed by atoms with Crippen LogP contribution in [0.5, 0.6) is 5.75 Å². The number of nitrogens with one attached hydrogen (secondary N) is 1. The van der Waals surface area contributed by atoms with Gasteiger partial charge in [0.05, 0.1) is 17.2 Å². The monoisotopic (exact) mass is 275 g/mol.